The zero-order valence-corrected chi connectivity index (χ0v) is 17.4. The Bertz CT molecular complexity index is 1050. The van der Waals surface area contributed by atoms with Crippen LogP contribution in [0.3, 0.4) is 0 Å². The molecule has 0 bridgehead atoms. The van der Waals surface area contributed by atoms with Gasteiger partial charge in [0.1, 0.15) is 6.04 Å². The van der Waals surface area contributed by atoms with Gasteiger partial charge in [-0.05, 0) is 44.2 Å². The highest BCUT2D eigenvalue weighted by molar-refractivity contribution is 7.92. The molecule has 2 rings (SSSR count). The van der Waals surface area contributed by atoms with Crippen molar-refractivity contribution in [1.82, 2.24) is 0 Å². The second-order valence-corrected chi connectivity index (χ2v) is 8.16. The fraction of sp³-hybridized carbons (Fsp3) is 0.263. The highest BCUT2D eigenvalue weighted by atomic mass is 32.2. The van der Waals surface area contributed by atoms with E-state index in [4.69, 9.17) is 4.74 Å². The summed E-state index contributed by atoms with van der Waals surface area (Å²) >= 11 is 0. The number of hydrogen-bond donors (Lipinski definition) is 1. The Hall–Kier alpha value is -3.47. The molecule has 160 valence electrons. The van der Waals surface area contributed by atoms with Crippen molar-refractivity contribution < 1.29 is 27.7 Å². The predicted octanol–water partition coefficient (Wildman–Crippen LogP) is 2.56. The van der Waals surface area contributed by atoms with E-state index >= 15 is 0 Å². The minimum absolute atomic E-state index is 0.00740. The molecule has 10 nitrogen and oxygen atoms in total. The molecule has 0 aliphatic heterocycles. The molecule has 1 amide bonds. The number of carbonyl (C=O) groups is 2. The van der Waals surface area contributed by atoms with Crippen molar-refractivity contribution in [2.24, 2.45) is 0 Å². The van der Waals surface area contributed by atoms with E-state index in [-0.39, 0.29) is 18.0 Å². The summed E-state index contributed by atoms with van der Waals surface area (Å²) in [6.07, 6.45) is 0.906. The highest BCUT2D eigenvalue weighted by Gasteiger charge is 2.30. The molecular formula is C19H21N3O7S. The van der Waals surface area contributed by atoms with Gasteiger partial charge in [0, 0.05) is 17.8 Å². The molecule has 1 atom stereocenters. The summed E-state index contributed by atoms with van der Waals surface area (Å²) in [4.78, 5) is 34.7. The van der Waals surface area contributed by atoms with Gasteiger partial charge in [-0.2, -0.15) is 0 Å². The van der Waals surface area contributed by atoms with Crippen LogP contribution >= 0.6 is 0 Å². The fourth-order valence-corrected chi connectivity index (χ4v) is 3.87. The van der Waals surface area contributed by atoms with E-state index in [9.17, 15) is 28.1 Å². The molecule has 0 aliphatic rings. The average molecular weight is 435 g/mol. The number of anilines is 2. The van der Waals surface area contributed by atoms with Crippen LogP contribution in [0.5, 0.6) is 0 Å². The first kappa shape index (κ1) is 22.8. The lowest BCUT2D eigenvalue weighted by molar-refractivity contribution is -0.384. The Morgan fingerprint density at radius 1 is 1.20 bits per heavy atom. The second kappa shape index (κ2) is 9.35. The topological polar surface area (TPSA) is 136 Å². The van der Waals surface area contributed by atoms with E-state index in [0.29, 0.717) is 11.3 Å². The number of non-ortho nitro benzene ring substituents is 1. The summed E-state index contributed by atoms with van der Waals surface area (Å²) in [6, 6.07) is 9.70. The number of esters is 1. The number of ether oxygens (including phenoxy) is 1. The van der Waals surface area contributed by atoms with E-state index in [1.54, 1.807) is 6.92 Å². The van der Waals surface area contributed by atoms with E-state index in [1.807, 2.05) is 0 Å². The smallest absolute Gasteiger partial charge is 0.338 e. The van der Waals surface area contributed by atoms with Crippen molar-refractivity contribution >= 4 is 39.0 Å². The van der Waals surface area contributed by atoms with E-state index in [2.05, 4.69) is 5.32 Å². The first-order valence-electron chi connectivity index (χ1n) is 8.86. The lowest BCUT2D eigenvalue weighted by atomic mass is 10.2. The Morgan fingerprint density at radius 3 is 2.37 bits per heavy atom. The number of hydrogen-bond acceptors (Lipinski definition) is 7. The van der Waals surface area contributed by atoms with Crippen LogP contribution in [-0.2, 0) is 19.6 Å². The van der Waals surface area contributed by atoms with Gasteiger partial charge in [0.2, 0.25) is 15.9 Å². The van der Waals surface area contributed by atoms with Gasteiger partial charge in [0.05, 0.1) is 29.0 Å². The van der Waals surface area contributed by atoms with Crippen LogP contribution in [0.2, 0.25) is 0 Å². The zero-order chi connectivity index (χ0) is 22.5. The molecule has 0 aliphatic carbocycles. The van der Waals surface area contributed by atoms with Crippen molar-refractivity contribution in [3.63, 3.8) is 0 Å². The maximum Gasteiger partial charge on any atom is 0.338 e. The number of rotatable bonds is 8. The Morgan fingerprint density at radius 2 is 1.83 bits per heavy atom. The number of benzene rings is 2. The van der Waals surface area contributed by atoms with Crippen LogP contribution in [0.4, 0.5) is 17.1 Å². The van der Waals surface area contributed by atoms with Gasteiger partial charge in [-0.1, -0.05) is 6.07 Å². The lowest BCUT2D eigenvalue weighted by Crippen LogP contribution is -2.45. The number of carbonyl (C=O) groups excluding carboxylic acids is 2. The molecule has 0 fully saturated rings. The Balaban J connectivity index is 2.25. The summed E-state index contributed by atoms with van der Waals surface area (Å²) in [5.41, 5.74) is 0.333. The molecule has 0 unspecified atom stereocenters. The van der Waals surface area contributed by atoms with E-state index < -0.39 is 32.9 Å². The van der Waals surface area contributed by atoms with Crippen molar-refractivity contribution in [2.45, 2.75) is 19.9 Å². The van der Waals surface area contributed by atoms with Crippen molar-refractivity contribution in [1.29, 1.82) is 0 Å². The van der Waals surface area contributed by atoms with E-state index in [0.717, 1.165) is 16.6 Å². The molecule has 1 N–H and O–H groups in total. The average Bonchev–Trinajstić information content (AvgIpc) is 2.68. The number of nitrogens with zero attached hydrogens (tertiary/aromatic N) is 2. The third kappa shape index (κ3) is 5.54. The van der Waals surface area contributed by atoms with Gasteiger partial charge in [-0.3, -0.25) is 19.2 Å². The minimum atomic E-state index is -3.93. The molecule has 2 aromatic carbocycles. The van der Waals surface area contributed by atoms with Crippen LogP contribution < -0.4 is 9.62 Å². The number of nitrogens with one attached hydrogen (secondary N) is 1. The summed E-state index contributed by atoms with van der Waals surface area (Å²) in [5.74, 6) is -1.16. The summed E-state index contributed by atoms with van der Waals surface area (Å²) < 4.78 is 30.3. The number of nitro benzene ring substituents is 1. The van der Waals surface area contributed by atoms with Gasteiger partial charge in [0.15, 0.2) is 0 Å². The number of sulfonamides is 1. The van der Waals surface area contributed by atoms with Gasteiger partial charge in [0.25, 0.3) is 5.69 Å². The number of nitro groups is 1. The third-order valence-electron chi connectivity index (χ3n) is 4.05. The molecule has 30 heavy (non-hydrogen) atoms. The van der Waals surface area contributed by atoms with Crippen LogP contribution in [0.1, 0.15) is 24.2 Å². The molecule has 0 saturated heterocycles. The maximum absolute atomic E-state index is 12.7. The zero-order valence-electron chi connectivity index (χ0n) is 16.6. The van der Waals surface area contributed by atoms with Crippen molar-refractivity contribution in [2.75, 3.05) is 22.5 Å². The molecule has 0 saturated carbocycles. The van der Waals surface area contributed by atoms with Crippen LogP contribution in [0.25, 0.3) is 0 Å². The van der Waals surface area contributed by atoms with Gasteiger partial charge in [-0.15, -0.1) is 0 Å². The third-order valence-corrected chi connectivity index (χ3v) is 5.29. The first-order chi connectivity index (χ1) is 14.0. The first-order valence-corrected chi connectivity index (χ1v) is 10.7. The quantitative estimate of drug-likeness (QED) is 0.382. The lowest BCUT2D eigenvalue weighted by Gasteiger charge is -2.28. The summed E-state index contributed by atoms with van der Waals surface area (Å²) in [5, 5.41) is 13.6. The normalized spacial score (nSPS) is 12.0. The van der Waals surface area contributed by atoms with Gasteiger partial charge < -0.3 is 10.1 Å². The second-order valence-electron chi connectivity index (χ2n) is 6.30. The molecule has 2 aromatic rings. The molecular weight excluding hydrogens is 414 g/mol. The molecule has 0 radical (unpaired) electrons. The van der Waals surface area contributed by atoms with Crippen LogP contribution in [0, 0.1) is 10.1 Å². The largest absolute Gasteiger partial charge is 0.462 e. The van der Waals surface area contributed by atoms with E-state index in [1.165, 1.54) is 49.4 Å². The summed E-state index contributed by atoms with van der Waals surface area (Å²) in [7, 11) is -3.93. The van der Waals surface area contributed by atoms with Crippen molar-refractivity contribution in [3.8, 4) is 0 Å². The SMILES string of the molecule is CCOC(=O)c1ccc(NC(=O)[C@@H](C)N(c2cccc([N+](=O)[O-])c2)S(C)(=O)=O)cc1. The fourth-order valence-electron chi connectivity index (χ4n) is 2.70. The van der Waals surface area contributed by atoms with Crippen molar-refractivity contribution in [3.05, 3.63) is 64.2 Å². The minimum Gasteiger partial charge on any atom is -0.462 e. The molecule has 0 spiro atoms. The molecule has 0 aromatic heterocycles. The monoisotopic (exact) mass is 435 g/mol. The number of amides is 1. The molecule has 11 heteroatoms. The van der Waals surface area contributed by atoms with Gasteiger partial charge >= 0.3 is 5.97 Å². The Labute approximate surface area is 173 Å². The highest BCUT2D eigenvalue weighted by Crippen LogP contribution is 2.25. The van der Waals surface area contributed by atoms with Crippen LogP contribution in [0.15, 0.2) is 48.5 Å². The predicted molar refractivity (Wildman–Crippen MR) is 111 cm³/mol. The Kier molecular flexibility index (Phi) is 7.11. The maximum atomic E-state index is 12.7. The summed E-state index contributed by atoms with van der Waals surface area (Å²) in [6.45, 7) is 3.28. The molecule has 0 heterocycles. The van der Waals surface area contributed by atoms with Gasteiger partial charge in [-0.25, -0.2) is 13.2 Å². The van der Waals surface area contributed by atoms with Crippen LogP contribution in [-0.4, -0.2) is 44.1 Å². The standard InChI is InChI=1S/C19H21N3O7S/c1-4-29-19(24)14-8-10-15(11-9-14)20-18(23)13(2)21(30(3,27)28)16-6-5-7-17(12-16)22(25)26/h5-13H,4H2,1-3H3,(H,20,23)/t13-/m1/s1.